The third-order valence-electron chi connectivity index (χ3n) is 3.94. The van der Waals surface area contributed by atoms with Gasteiger partial charge in [0.25, 0.3) is 5.91 Å². The molecule has 2 aromatic heterocycles. The number of fused-ring (bicyclic) bond motifs is 1. The molecule has 0 bridgehead atoms. The number of ether oxygens (including phenoxy) is 1. The second kappa shape index (κ2) is 6.87. The average Bonchev–Trinajstić information content (AvgIpc) is 3.18. The predicted octanol–water partition coefficient (Wildman–Crippen LogP) is 2.10. The lowest BCUT2D eigenvalue weighted by Gasteiger charge is -2.11. The van der Waals surface area contributed by atoms with Crippen molar-refractivity contribution < 1.29 is 18.7 Å². The number of hydrogen-bond acceptors (Lipinski definition) is 6. The summed E-state index contributed by atoms with van der Waals surface area (Å²) in [6.07, 6.45) is 2.01. The summed E-state index contributed by atoms with van der Waals surface area (Å²) in [5.74, 6) is -0.152. The molecule has 3 rings (SSSR count). The Bertz CT molecular complexity index is 989. The molecule has 0 saturated carbocycles. The van der Waals surface area contributed by atoms with Crippen molar-refractivity contribution in [2.75, 3.05) is 12.4 Å². The highest BCUT2D eigenvalue weighted by Gasteiger charge is 2.21. The lowest BCUT2D eigenvalue weighted by Crippen LogP contribution is -2.16. The first-order valence-electron chi connectivity index (χ1n) is 8.05. The van der Waals surface area contributed by atoms with Gasteiger partial charge in [-0.1, -0.05) is 6.92 Å². The Kier molecular flexibility index (Phi) is 4.61. The highest BCUT2D eigenvalue weighted by atomic mass is 16.5. The van der Waals surface area contributed by atoms with E-state index >= 15 is 0 Å². The van der Waals surface area contributed by atoms with Gasteiger partial charge in [0.05, 0.1) is 18.3 Å². The van der Waals surface area contributed by atoms with E-state index in [0.29, 0.717) is 35.0 Å². The minimum atomic E-state index is -0.585. The number of hydrogen-bond donors (Lipinski definition) is 2. The minimum absolute atomic E-state index is 0.116. The molecule has 0 atom stereocenters. The number of oxazole rings is 1. The number of carbonyl (C=O) groups is 2. The minimum Gasteiger partial charge on any atom is -0.494 e. The maximum absolute atomic E-state index is 12.5. The maximum Gasteiger partial charge on any atom is 0.295 e. The van der Waals surface area contributed by atoms with Crippen LogP contribution in [0.3, 0.4) is 0 Å². The van der Waals surface area contributed by atoms with Gasteiger partial charge >= 0.3 is 0 Å². The number of rotatable bonds is 6. The summed E-state index contributed by atoms with van der Waals surface area (Å²) < 4.78 is 12.3. The number of benzene rings is 1. The van der Waals surface area contributed by atoms with Gasteiger partial charge in [-0.2, -0.15) is 0 Å². The largest absolute Gasteiger partial charge is 0.494 e. The lowest BCUT2D eigenvalue weighted by molar-refractivity contribution is 0.0989. The van der Waals surface area contributed by atoms with E-state index in [4.69, 9.17) is 14.9 Å². The van der Waals surface area contributed by atoms with Crippen molar-refractivity contribution in [3.63, 3.8) is 0 Å². The monoisotopic (exact) mass is 357 g/mol. The molecule has 0 radical (unpaired) electrons. The molecule has 136 valence electrons. The van der Waals surface area contributed by atoms with Crippen LogP contribution >= 0.6 is 0 Å². The van der Waals surface area contributed by atoms with Crippen LogP contribution in [0.1, 0.15) is 40.0 Å². The molecule has 0 fully saturated rings. The molecule has 0 aliphatic heterocycles. The Labute approximate surface area is 149 Å². The molecule has 3 N–H and O–H groups in total. The first kappa shape index (κ1) is 17.5. The van der Waals surface area contributed by atoms with Crippen molar-refractivity contribution in [3.8, 4) is 5.75 Å². The lowest BCUT2D eigenvalue weighted by atomic mass is 10.1. The number of imidazole rings is 1. The fourth-order valence-corrected chi connectivity index (χ4v) is 2.74. The number of amides is 2. The van der Waals surface area contributed by atoms with Crippen LogP contribution in [-0.4, -0.2) is 33.5 Å². The first-order chi connectivity index (χ1) is 12.5. The summed E-state index contributed by atoms with van der Waals surface area (Å²) in [6, 6.07) is 3.13. The number of nitrogens with zero attached hydrogens (tertiary/aromatic N) is 3. The van der Waals surface area contributed by atoms with Crippen molar-refractivity contribution in [2.45, 2.75) is 26.8 Å². The van der Waals surface area contributed by atoms with Crippen molar-refractivity contribution >= 4 is 28.8 Å². The molecule has 26 heavy (non-hydrogen) atoms. The van der Waals surface area contributed by atoms with Gasteiger partial charge < -0.3 is 19.5 Å². The van der Waals surface area contributed by atoms with Crippen molar-refractivity contribution in [1.82, 2.24) is 14.5 Å². The average molecular weight is 357 g/mol. The maximum atomic E-state index is 12.5. The van der Waals surface area contributed by atoms with Gasteiger partial charge in [0, 0.05) is 12.1 Å². The molecule has 2 heterocycles. The summed E-state index contributed by atoms with van der Waals surface area (Å²) in [4.78, 5) is 32.4. The number of methoxy groups -OCH3 is 1. The molecule has 0 unspecified atom stereocenters. The molecular formula is C17H19N5O4. The van der Waals surface area contributed by atoms with E-state index < -0.39 is 11.8 Å². The number of aryl methyl sites for hydroxylation is 2. The van der Waals surface area contributed by atoms with Crippen LogP contribution in [0.4, 0.5) is 5.95 Å². The highest BCUT2D eigenvalue weighted by molar-refractivity contribution is 6.04. The van der Waals surface area contributed by atoms with Crippen LogP contribution in [0.15, 0.2) is 22.9 Å². The Morgan fingerprint density at radius 1 is 1.38 bits per heavy atom. The molecule has 0 spiro atoms. The van der Waals surface area contributed by atoms with Gasteiger partial charge in [0.15, 0.2) is 6.39 Å². The van der Waals surface area contributed by atoms with Crippen molar-refractivity contribution in [2.24, 2.45) is 5.73 Å². The molecule has 9 nitrogen and oxygen atoms in total. The van der Waals surface area contributed by atoms with Crippen LogP contribution in [0.2, 0.25) is 0 Å². The number of nitrogens with two attached hydrogens (primary N) is 1. The quantitative estimate of drug-likeness (QED) is 0.696. The van der Waals surface area contributed by atoms with Crippen LogP contribution in [0, 0.1) is 6.92 Å². The number of nitrogens with one attached hydrogen (secondary N) is 1. The fourth-order valence-electron chi connectivity index (χ4n) is 2.74. The standard InChI is InChI=1S/C17H19N5O4/c1-4-5-22-13-11(6-10(15(18)23)7-12(13)25-3)20-17(22)21-16(24)14-9(2)19-8-26-14/h6-8H,4-5H2,1-3H3,(H2,18,23)(H,20,21,24). The molecule has 0 saturated heterocycles. The Hall–Kier alpha value is -3.36. The van der Waals surface area contributed by atoms with Gasteiger partial charge in [0.2, 0.25) is 17.6 Å². The topological polar surface area (TPSA) is 125 Å². The zero-order valence-electron chi connectivity index (χ0n) is 14.7. The van der Waals surface area contributed by atoms with Gasteiger partial charge in [-0.15, -0.1) is 0 Å². The first-order valence-corrected chi connectivity index (χ1v) is 8.05. The van der Waals surface area contributed by atoms with Crippen molar-refractivity contribution in [1.29, 1.82) is 0 Å². The van der Waals surface area contributed by atoms with Crippen molar-refractivity contribution in [3.05, 3.63) is 35.5 Å². The van der Waals surface area contributed by atoms with Gasteiger partial charge in [0.1, 0.15) is 11.3 Å². The smallest absolute Gasteiger partial charge is 0.295 e. The zero-order chi connectivity index (χ0) is 18.8. The van der Waals surface area contributed by atoms with E-state index in [1.807, 2.05) is 11.5 Å². The molecular weight excluding hydrogens is 338 g/mol. The van der Waals surface area contributed by atoms with E-state index in [1.165, 1.54) is 13.5 Å². The molecule has 0 aliphatic carbocycles. The van der Waals surface area contributed by atoms with Crippen LogP contribution in [0.25, 0.3) is 11.0 Å². The SMILES string of the molecule is CCCn1c(NC(=O)c2ocnc2C)nc2cc(C(N)=O)cc(OC)c21. The Morgan fingerprint density at radius 3 is 2.73 bits per heavy atom. The summed E-state index contributed by atoms with van der Waals surface area (Å²) in [5, 5.41) is 2.74. The number of primary amides is 1. The molecule has 3 aromatic rings. The summed E-state index contributed by atoms with van der Waals surface area (Å²) >= 11 is 0. The van der Waals surface area contributed by atoms with E-state index in [2.05, 4.69) is 15.3 Å². The molecule has 1 aromatic carbocycles. The number of anilines is 1. The molecule has 9 heteroatoms. The normalized spacial score (nSPS) is 10.9. The Morgan fingerprint density at radius 2 is 2.15 bits per heavy atom. The van der Waals surface area contributed by atoms with Gasteiger partial charge in [-0.05, 0) is 25.5 Å². The number of carbonyl (C=O) groups excluding carboxylic acids is 2. The third kappa shape index (κ3) is 2.99. The van der Waals surface area contributed by atoms with E-state index in [-0.39, 0.29) is 11.3 Å². The summed E-state index contributed by atoms with van der Waals surface area (Å²) in [5.41, 5.74) is 7.30. The third-order valence-corrected chi connectivity index (χ3v) is 3.94. The predicted molar refractivity (Wildman–Crippen MR) is 94.3 cm³/mol. The van der Waals surface area contributed by atoms with Gasteiger partial charge in [-0.3, -0.25) is 14.9 Å². The van der Waals surface area contributed by atoms with Crippen LogP contribution in [-0.2, 0) is 6.54 Å². The second-order valence-corrected chi connectivity index (χ2v) is 5.72. The van der Waals surface area contributed by atoms with E-state index in [9.17, 15) is 9.59 Å². The summed E-state index contributed by atoms with van der Waals surface area (Å²) in [7, 11) is 1.50. The van der Waals surface area contributed by atoms with E-state index in [1.54, 1.807) is 19.1 Å². The number of aromatic nitrogens is 3. The van der Waals surface area contributed by atoms with Gasteiger partial charge in [-0.25, -0.2) is 9.97 Å². The summed E-state index contributed by atoms with van der Waals surface area (Å²) in [6.45, 7) is 4.27. The molecule has 0 aliphatic rings. The van der Waals surface area contributed by atoms with Crippen LogP contribution < -0.4 is 15.8 Å². The highest BCUT2D eigenvalue weighted by Crippen LogP contribution is 2.31. The Balaban J connectivity index is 2.12. The van der Waals surface area contributed by atoms with E-state index in [0.717, 1.165) is 6.42 Å². The van der Waals surface area contributed by atoms with Crippen LogP contribution in [0.5, 0.6) is 5.75 Å². The fraction of sp³-hybridized carbons (Fsp3) is 0.294. The second-order valence-electron chi connectivity index (χ2n) is 5.72. The molecule has 2 amide bonds. The zero-order valence-corrected chi connectivity index (χ0v) is 14.7.